The number of aromatic nitrogens is 2. The summed E-state index contributed by atoms with van der Waals surface area (Å²) >= 11 is 0.466. The quantitative estimate of drug-likeness (QED) is 0.903. The monoisotopic (exact) mass is 333 g/mol. The Balaban J connectivity index is 2.15. The molecule has 0 aliphatic carbocycles. The third-order valence-corrected chi connectivity index (χ3v) is 3.81. The maximum Gasteiger partial charge on any atom is 0.445 e. The third-order valence-electron chi connectivity index (χ3n) is 2.92. The second kappa shape index (κ2) is 6.39. The molecule has 0 spiro atoms. The van der Waals surface area contributed by atoms with E-state index in [9.17, 15) is 13.2 Å². The molecule has 0 aliphatic heterocycles. The highest BCUT2D eigenvalue weighted by Crippen LogP contribution is 2.35. The van der Waals surface area contributed by atoms with E-state index < -0.39 is 11.2 Å². The largest absolute Gasteiger partial charge is 0.493 e. The van der Waals surface area contributed by atoms with Crippen LogP contribution in [0, 0.1) is 0 Å². The second-order valence-corrected chi connectivity index (χ2v) is 5.37. The highest BCUT2D eigenvalue weighted by molar-refractivity contribution is 7.15. The molecule has 1 aromatic heterocycles. The summed E-state index contributed by atoms with van der Waals surface area (Å²) in [6, 6.07) is 5.01. The normalized spacial score (nSPS) is 12.8. The van der Waals surface area contributed by atoms with Crippen LogP contribution >= 0.6 is 11.3 Å². The Morgan fingerprint density at radius 1 is 1.14 bits per heavy atom. The molecule has 1 N–H and O–H groups in total. The fourth-order valence-corrected chi connectivity index (χ4v) is 2.48. The Kier molecular flexibility index (Phi) is 4.74. The second-order valence-electron chi connectivity index (χ2n) is 4.39. The van der Waals surface area contributed by atoms with Gasteiger partial charge in [0.05, 0.1) is 20.3 Å². The molecule has 0 saturated carbocycles. The lowest BCUT2D eigenvalue weighted by atomic mass is 10.1. The summed E-state index contributed by atoms with van der Waals surface area (Å²) in [4.78, 5) is 0. The van der Waals surface area contributed by atoms with Crippen molar-refractivity contribution >= 4 is 16.5 Å². The van der Waals surface area contributed by atoms with Gasteiger partial charge < -0.3 is 14.8 Å². The molecule has 0 unspecified atom stereocenters. The molecule has 2 rings (SSSR count). The lowest BCUT2D eigenvalue weighted by molar-refractivity contribution is -0.138. The summed E-state index contributed by atoms with van der Waals surface area (Å²) in [6.45, 7) is 1.80. The van der Waals surface area contributed by atoms with Gasteiger partial charge in [0.1, 0.15) is 0 Å². The number of alkyl halides is 3. The lowest BCUT2D eigenvalue weighted by Gasteiger charge is -2.15. The van der Waals surface area contributed by atoms with Crippen molar-refractivity contribution in [1.29, 1.82) is 0 Å². The van der Waals surface area contributed by atoms with E-state index in [4.69, 9.17) is 9.47 Å². The molecule has 0 fully saturated rings. The number of nitrogens with one attached hydrogen (secondary N) is 1. The van der Waals surface area contributed by atoms with Gasteiger partial charge in [-0.05, 0) is 24.6 Å². The van der Waals surface area contributed by atoms with E-state index in [0.717, 1.165) is 5.56 Å². The first-order valence-electron chi connectivity index (χ1n) is 6.24. The zero-order chi connectivity index (χ0) is 16.3. The third kappa shape index (κ3) is 3.59. The van der Waals surface area contributed by atoms with Crippen LogP contribution in [0.15, 0.2) is 18.2 Å². The number of halogens is 3. The summed E-state index contributed by atoms with van der Waals surface area (Å²) < 4.78 is 47.8. The van der Waals surface area contributed by atoms with Gasteiger partial charge in [0.15, 0.2) is 11.5 Å². The number of benzene rings is 1. The van der Waals surface area contributed by atoms with Gasteiger partial charge in [-0.25, -0.2) is 0 Å². The number of hydrogen-bond donors (Lipinski definition) is 1. The van der Waals surface area contributed by atoms with Crippen molar-refractivity contribution in [2.45, 2.75) is 19.1 Å². The van der Waals surface area contributed by atoms with Crippen molar-refractivity contribution in [3.63, 3.8) is 0 Å². The van der Waals surface area contributed by atoms with Gasteiger partial charge in [-0.2, -0.15) is 13.2 Å². The maximum absolute atomic E-state index is 12.5. The molecular formula is C13H14F3N3O2S. The van der Waals surface area contributed by atoms with E-state index in [1.54, 1.807) is 25.1 Å². The molecule has 5 nitrogen and oxygen atoms in total. The molecule has 0 saturated heterocycles. The number of rotatable bonds is 5. The molecule has 1 heterocycles. The van der Waals surface area contributed by atoms with Crippen LogP contribution in [0.4, 0.5) is 18.3 Å². The molecule has 1 atom stereocenters. The van der Waals surface area contributed by atoms with E-state index >= 15 is 0 Å². The predicted octanol–water partition coefficient (Wildman–Crippen LogP) is 3.75. The Bertz CT molecular complexity index is 646. The Hall–Kier alpha value is -2.03. The van der Waals surface area contributed by atoms with Gasteiger partial charge in [0.2, 0.25) is 10.1 Å². The molecule has 22 heavy (non-hydrogen) atoms. The molecule has 2 aromatic rings. The van der Waals surface area contributed by atoms with Gasteiger partial charge in [0, 0.05) is 0 Å². The van der Waals surface area contributed by atoms with Crippen molar-refractivity contribution in [3.8, 4) is 11.5 Å². The van der Waals surface area contributed by atoms with Crippen LogP contribution < -0.4 is 14.8 Å². The zero-order valence-corrected chi connectivity index (χ0v) is 12.9. The van der Waals surface area contributed by atoms with Crippen LogP contribution in [0.3, 0.4) is 0 Å². The van der Waals surface area contributed by atoms with Gasteiger partial charge in [-0.3, -0.25) is 0 Å². The van der Waals surface area contributed by atoms with Gasteiger partial charge in [-0.15, -0.1) is 10.2 Å². The average molecular weight is 333 g/mol. The fourth-order valence-electron chi connectivity index (χ4n) is 1.79. The minimum Gasteiger partial charge on any atom is -0.493 e. The van der Waals surface area contributed by atoms with Crippen molar-refractivity contribution in [1.82, 2.24) is 10.2 Å². The molecule has 0 bridgehead atoms. The molecular weight excluding hydrogens is 319 g/mol. The average Bonchev–Trinajstić information content (AvgIpc) is 2.95. The number of ether oxygens (including phenoxy) is 2. The summed E-state index contributed by atoms with van der Waals surface area (Å²) in [5, 5.41) is 8.65. The van der Waals surface area contributed by atoms with E-state index in [-0.39, 0.29) is 11.2 Å². The SMILES string of the molecule is COc1ccc([C@@H](C)Nc2nnc(C(F)(F)F)s2)cc1OC. The Labute approximate surface area is 129 Å². The zero-order valence-electron chi connectivity index (χ0n) is 12.1. The summed E-state index contributed by atoms with van der Waals surface area (Å²) in [7, 11) is 3.04. The Morgan fingerprint density at radius 3 is 2.36 bits per heavy atom. The molecule has 120 valence electrons. The van der Waals surface area contributed by atoms with Crippen LogP contribution in [0.5, 0.6) is 11.5 Å². The molecule has 0 amide bonds. The number of anilines is 1. The number of hydrogen-bond acceptors (Lipinski definition) is 6. The first kappa shape index (κ1) is 16.3. The van der Waals surface area contributed by atoms with E-state index in [2.05, 4.69) is 15.5 Å². The first-order chi connectivity index (χ1) is 10.3. The van der Waals surface area contributed by atoms with Crippen LogP contribution in [0.2, 0.25) is 0 Å². The van der Waals surface area contributed by atoms with Gasteiger partial charge in [0.25, 0.3) is 0 Å². The topological polar surface area (TPSA) is 56.3 Å². The van der Waals surface area contributed by atoms with Crippen LogP contribution in [0.25, 0.3) is 0 Å². The minimum absolute atomic E-state index is 0.106. The van der Waals surface area contributed by atoms with Crippen LogP contribution in [-0.2, 0) is 6.18 Å². The van der Waals surface area contributed by atoms with Crippen molar-refractivity contribution in [2.75, 3.05) is 19.5 Å². The molecule has 1 aromatic carbocycles. The number of nitrogens with zero attached hydrogens (tertiary/aromatic N) is 2. The number of methoxy groups -OCH3 is 2. The summed E-state index contributed by atoms with van der Waals surface area (Å²) in [6.07, 6.45) is -4.48. The Morgan fingerprint density at radius 2 is 1.82 bits per heavy atom. The molecule has 0 aliphatic rings. The van der Waals surface area contributed by atoms with Gasteiger partial charge >= 0.3 is 6.18 Å². The minimum atomic E-state index is -4.48. The highest BCUT2D eigenvalue weighted by atomic mass is 32.1. The van der Waals surface area contributed by atoms with Crippen molar-refractivity contribution in [3.05, 3.63) is 28.8 Å². The first-order valence-corrected chi connectivity index (χ1v) is 7.06. The van der Waals surface area contributed by atoms with Crippen LogP contribution in [0.1, 0.15) is 23.5 Å². The lowest BCUT2D eigenvalue weighted by Crippen LogP contribution is -2.06. The highest BCUT2D eigenvalue weighted by Gasteiger charge is 2.35. The van der Waals surface area contributed by atoms with Crippen molar-refractivity contribution in [2.24, 2.45) is 0 Å². The van der Waals surface area contributed by atoms with E-state index in [1.807, 2.05) is 0 Å². The van der Waals surface area contributed by atoms with Crippen molar-refractivity contribution < 1.29 is 22.6 Å². The predicted molar refractivity (Wildman–Crippen MR) is 76.5 cm³/mol. The smallest absolute Gasteiger partial charge is 0.445 e. The van der Waals surface area contributed by atoms with E-state index in [1.165, 1.54) is 14.2 Å². The van der Waals surface area contributed by atoms with Gasteiger partial charge in [-0.1, -0.05) is 17.4 Å². The van der Waals surface area contributed by atoms with E-state index in [0.29, 0.717) is 22.8 Å². The molecule has 9 heteroatoms. The molecule has 0 radical (unpaired) electrons. The van der Waals surface area contributed by atoms with Crippen LogP contribution in [-0.4, -0.2) is 24.4 Å². The summed E-state index contributed by atoms with van der Waals surface area (Å²) in [5.74, 6) is 1.12. The standard InChI is InChI=1S/C13H14F3N3O2S/c1-7(8-4-5-9(20-2)10(6-8)21-3)17-12-19-18-11(22-12)13(14,15)16/h4-7H,1-3H3,(H,17,19)/t7-/m1/s1. The fraction of sp³-hybridized carbons (Fsp3) is 0.385. The summed E-state index contributed by atoms with van der Waals surface area (Å²) in [5.41, 5.74) is 0.821. The maximum atomic E-state index is 12.5.